The molecule has 2 heterocycles. The monoisotopic (exact) mass is 502 g/mol. The summed E-state index contributed by atoms with van der Waals surface area (Å²) < 4.78 is 12.2. The SMILES string of the molecule is O=C(O)COC1(c2cccnc2Br)CCC2(CCN(C(=O)OCc3ccccc3)C2)CC1. The first-order valence-corrected chi connectivity index (χ1v) is 11.6. The Hall–Kier alpha value is -2.45. The molecule has 1 amide bonds. The molecule has 7 nitrogen and oxygen atoms in total. The van der Waals surface area contributed by atoms with Crippen molar-refractivity contribution in [1.29, 1.82) is 0 Å². The number of hydrogen-bond donors (Lipinski definition) is 1. The fraction of sp³-hybridized carbons (Fsp3) is 0.458. The lowest BCUT2D eigenvalue weighted by atomic mass is 9.66. The first-order valence-electron chi connectivity index (χ1n) is 10.8. The van der Waals surface area contributed by atoms with E-state index in [1.54, 1.807) is 11.1 Å². The van der Waals surface area contributed by atoms with Crippen LogP contribution in [-0.2, 0) is 26.5 Å². The number of amides is 1. The molecule has 170 valence electrons. The minimum atomic E-state index is -0.988. The molecule has 1 saturated heterocycles. The Morgan fingerprint density at radius 2 is 1.81 bits per heavy atom. The smallest absolute Gasteiger partial charge is 0.410 e. The fourth-order valence-corrected chi connectivity index (χ4v) is 5.52. The summed E-state index contributed by atoms with van der Waals surface area (Å²) in [6, 6.07) is 13.4. The molecule has 2 aliphatic rings. The first kappa shape index (κ1) is 22.7. The van der Waals surface area contributed by atoms with Crippen molar-refractivity contribution in [3.8, 4) is 0 Å². The molecule has 4 rings (SSSR count). The molecule has 1 aliphatic heterocycles. The highest BCUT2D eigenvalue weighted by Gasteiger charge is 2.49. The Morgan fingerprint density at radius 1 is 1.06 bits per heavy atom. The van der Waals surface area contributed by atoms with Crippen molar-refractivity contribution in [2.45, 2.75) is 44.3 Å². The highest BCUT2D eigenvalue weighted by Crippen LogP contribution is 2.52. The van der Waals surface area contributed by atoms with Crippen molar-refractivity contribution >= 4 is 28.0 Å². The number of benzene rings is 1. The summed E-state index contributed by atoms with van der Waals surface area (Å²) in [5.74, 6) is -0.988. The van der Waals surface area contributed by atoms with Crippen molar-refractivity contribution in [3.63, 3.8) is 0 Å². The number of hydrogen-bond acceptors (Lipinski definition) is 5. The van der Waals surface area contributed by atoms with Gasteiger partial charge in [0.25, 0.3) is 0 Å². The molecule has 2 fully saturated rings. The maximum Gasteiger partial charge on any atom is 0.410 e. The number of rotatable bonds is 6. The van der Waals surface area contributed by atoms with E-state index in [0.29, 0.717) is 30.5 Å². The van der Waals surface area contributed by atoms with E-state index in [-0.39, 0.29) is 24.7 Å². The standard InChI is InChI=1S/C24H27BrN2O5/c25-21-19(7-4-13-26-21)24(32-16-20(28)29)10-8-23(9-11-24)12-14-27(17-23)22(30)31-15-18-5-2-1-3-6-18/h1-7,13H,8-12,14-17H2,(H,28,29). The van der Waals surface area contributed by atoms with Crippen molar-refractivity contribution in [2.24, 2.45) is 5.41 Å². The zero-order valence-electron chi connectivity index (χ0n) is 17.8. The number of carbonyl (C=O) groups excluding carboxylic acids is 1. The molecule has 0 bridgehead atoms. The number of carboxylic acids is 1. The van der Waals surface area contributed by atoms with E-state index in [0.717, 1.165) is 30.4 Å². The van der Waals surface area contributed by atoms with Gasteiger partial charge in [-0.15, -0.1) is 0 Å². The van der Waals surface area contributed by atoms with E-state index in [9.17, 15) is 14.7 Å². The summed E-state index contributed by atoms with van der Waals surface area (Å²) in [4.78, 5) is 30.0. The Balaban J connectivity index is 1.40. The zero-order chi connectivity index (χ0) is 22.6. The summed E-state index contributed by atoms with van der Waals surface area (Å²) in [7, 11) is 0. The van der Waals surface area contributed by atoms with E-state index in [2.05, 4.69) is 20.9 Å². The molecule has 32 heavy (non-hydrogen) atoms. The van der Waals surface area contributed by atoms with Gasteiger partial charge in [0.05, 0.1) is 5.60 Å². The molecule has 0 radical (unpaired) electrons. The number of aromatic nitrogens is 1. The number of aliphatic carboxylic acids is 1. The highest BCUT2D eigenvalue weighted by atomic mass is 79.9. The zero-order valence-corrected chi connectivity index (χ0v) is 19.4. The van der Waals surface area contributed by atoms with Crippen LogP contribution >= 0.6 is 15.9 Å². The summed E-state index contributed by atoms with van der Waals surface area (Å²) in [6.45, 7) is 1.24. The average Bonchev–Trinajstić information content (AvgIpc) is 3.22. The normalized spacial score (nSPS) is 25.1. The van der Waals surface area contributed by atoms with E-state index < -0.39 is 11.6 Å². The topological polar surface area (TPSA) is 89.0 Å². The van der Waals surface area contributed by atoms with Gasteiger partial charge in [-0.05, 0) is 65.1 Å². The van der Waals surface area contributed by atoms with Crippen LogP contribution in [-0.4, -0.2) is 46.7 Å². The summed E-state index contributed by atoms with van der Waals surface area (Å²) in [5.41, 5.74) is 1.16. The lowest BCUT2D eigenvalue weighted by Gasteiger charge is -2.45. The molecule has 0 atom stereocenters. The van der Waals surface area contributed by atoms with Crippen molar-refractivity contribution in [3.05, 3.63) is 64.4 Å². The maximum absolute atomic E-state index is 12.6. The largest absolute Gasteiger partial charge is 0.480 e. The highest BCUT2D eigenvalue weighted by molar-refractivity contribution is 9.10. The van der Waals surface area contributed by atoms with Crippen molar-refractivity contribution in [2.75, 3.05) is 19.7 Å². The molecule has 1 aliphatic carbocycles. The van der Waals surface area contributed by atoms with E-state index >= 15 is 0 Å². The maximum atomic E-state index is 12.6. The lowest BCUT2D eigenvalue weighted by Crippen LogP contribution is -2.42. The molecular weight excluding hydrogens is 476 g/mol. The van der Waals surface area contributed by atoms with Crippen molar-refractivity contribution < 1.29 is 24.2 Å². The Labute approximate surface area is 195 Å². The molecule has 8 heteroatoms. The molecular formula is C24H27BrN2O5. The second-order valence-electron chi connectivity index (χ2n) is 8.73. The second kappa shape index (κ2) is 9.58. The van der Waals surface area contributed by atoms with Crippen LogP contribution in [0, 0.1) is 5.41 Å². The van der Waals surface area contributed by atoms with Crippen LogP contribution in [0.25, 0.3) is 0 Å². The number of pyridine rings is 1. The van der Waals surface area contributed by atoms with Gasteiger partial charge in [0, 0.05) is 24.8 Å². The quantitative estimate of drug-likeness (QED) is 0.573. The first-order chi connectivity index (χ1) is 15.4. The molecule has 0 unspecified atom stereocenters. The number of carboxylic acid groups (broad SMARTS) is 1. The third kappa shape index (κ3) is 4.96. The van der Waals surface area contributed by atoms with Crippen LogP contribution in [0.5, 0.6) is 0 Å². The summed E-state index contributed by atoms with van der Waals surface area (Å²) in [6.07, 6.45) is 5.37. The van der Waals surface area contributed by atoms with Gasteiger partial charge in [0.15, 0.2) is 0 Å². The number of carbonyl (C=O) groups is 2. The minimum Gasteiger partial charge on any atom is -0.480 e. The summed E-state index contributed by atoms with van der Waals surface area (Å²) >= 11 is 3.51. The van der Waals surface area contributed by atoms with E-state index in [1.807, 2.05) is 42.5 Å². The molecule has 1 aromatic carbocycles. The fourth-order valence-electron chi connectivity index (χ4n) is 4.91. The van der Waals surface area contributed by atoms with Gasteiger partial charge in [-0.25, -0.2) is 14.6 Å². The Bertz CT molecular complexity index is 960. The molecule has 1 aromatic heterocycles. The second-order valence-corrected chi connectivity index (χ2v) is 9.48. The van der Waals surface area contributed by atoms with Gasteiger partial charge >= 0.3 is 12.1 Å². The predicted octanol–water partition coefficient (Wildman–Crippen LogP) is 4.74. The van der Waals surface area contributed by atoms with Crippen molar-refractivity contribution in [1.82, 2.24) is 9.88 Å². The Kier molecular flexibility index (Phi) is 6.81. The van der Waals surface area contributed by atoms with Gasteiger partial charge in [-0.2, -0.15) is 0 Å². The number of ether oxygens (including phenoxy) is 2. The number of likely N-dealkylation sites (tertiary alicyclic amines) is 1. The van der Waals surface area contributed by atoms with Gasteiger partial charge in [0.2, 0.25) is 0 Å². The number of nitrogens with zero attached hydrogens (tertiary/aromatic N) is 2. The molecule has 1 spiro atoms. The van der Waals surface area contributed by atoms with Crippen LogP contribution in [0.3, 0.4) is 0 Å². The lowest BCUT2D eigenvalue weighted by molar-refractivity contribution is -0.156. The third-order valence-corrected chi connectivity index (χ3v) is 7.37. The minimum absolute atomic E-state index is 0.0105. The third-order valence-electron chi connectivity index (χ3n) is 6.74. The van der Waals surface area contributed by atoms with Gasteiger partial charge < -0.3 is 19.5 Å². The van der Waals surface area contributed by atoms with Gasteiger partial charge in [-0.1, -0.05) is 36.4 Å². The van der Waals surface area contributed by atoms with Crippen LogP contribution in [0.1, 0.15) is 43.2 Å². The van der Waals surface area contributed by atoms with Gasteiger partial charge in [0.1, 0.15) is 17.8 Å². The van der Waals surface area contributed by atoms with Crippen LogP contribution in [0.2, 0.25) is 0 Å². The van der Waals surface area contributed by atoms with Crippen LogP contribution in [0.4, 0.5) is 4.79 Å². The van der Waals surface area contributed by atoms with E-state index in [1.165, 1.54) is 0 Å². The van der Waals surface area contributed by atoms with Crippen LogP contribution < -0.4 is 0 Å². The summed E-state index contributed by atoms with van der Waals surface area (Å²) in [5, 5.41) is 9.20. The molecule has 1 saturated carbocycles. The van der Waals surface area contributed by atoms with Gasteiger partial charge in [-0.3, -0.25) is 0 Å². The van der Waals surface area contributed by atoms with E-state index in [4.69, 9.17) is 9.47 Å². The predicted molar refractivity (Wildman–Crippen MR) is 121 cm³/mol. The molecule has 2 aromatic rings. The molecule has 1 N–H and O–H groups in total. The Morgan fingerprint density at radius 3 is 2.50 bits per heavy atom. The van der Waals surface area contributed by atoms with Crippen LogP contribution in [0.15, 0.2) is 53.3 Å². The number of halogens is 1. The average molecular weight is 503 g/mol.